The minimum absolute atomic E-state index is 0.0403. The van der Waals surface area contributed by atoms with Gasteiger partial charge in [-0.25, -0.2) is 9.97 Å². The van der Waals surface area contributed by atoms with Gasteiger partial charge in [-0.1, -0.05) is 18.2 Å². The normalized spacial score (nSPS) is 14.4. The maximum atomic E-state index is 12.6. The molecule has 1 aliphatic heterocycles. The molecule has 2 heterocycles. The summed E-state index contributed by atoms with van der Waals surface area (Å²) in [7, 11) is 0. The molecule has 0 saturated carbocycles. The van der Waals surface area contributed by atoms with E-state index in [1.165, 1.54) is 0 Å². The summed E-state index contributed by atoms with van der Waals surface area (Å²) in [5.74, 6) is 0.282. The van der Waals surface area contributed by atoms with Gasteiger partial charge in [0.25, 0.3) is 5.91 Å². The van der Waals surface area contributed by atoms with Crippen LogP contribution in [0.25, 0.3) is 0 Å². The van der Waals surface area contributed by atoms with Crippen LogP contribution in [0.15, 0.2) is 42.6 Å². The summed E-state index contributed by atoms with van der Waals surface area (Å²) in [6, 6.07) is 11.2. The Morgan fingerprint density at radius 3 is 2.33 bits per heavy atom. The topological polar surface area (TPSA) is 78.4 Å². The maximum absolute atomic E-state index is 12.6. The monoisotopic (exact) mass is 325 g/mol. The Kier molecular flexibility index (Phi) is 4.69. The van der Waals surface area contributed by atoms with Crippen molar-refractivity contribution in [3.63, 3.8) is 0 Å². The fraction of sp³-hybridized carbons (Fsp3) is 0.294. The molecule has 1 saturated heterocycles. The number of piperazine rings is 1. The number of rotatable bonds is 3. The molecule has 124 valence electrons. The lowest BCUT2D eigenvalue weighted by Crippen LogP contribution is -2.50. The number of hydrogen-bond donors (Lipinski definition) is 1. The van der Waals surface area contributed by atoms with Gasteiger partial charge in [0.15, 0.2) is 0 Å². The first-order chi connectivity index (χ1) is 11.6. The average Bonchev–Trinajstić information content (AvgIpc) is 2.62. The predicted octanol–water partition coefficient (Wildman–Crippen LogP) is 1.52. The van der Waals surface area contributed by atoms with E-state index in [1.54, 1.807) is 29.0 Å². The van der Waals surface area contributed by atoms with Crippen LogP contribution in [0.1, 0.15) is 17.4 Å². The van der Waals surface area contributed by atoms with E-state index in [9.17, 15) is 9.59 Å². The van der Waals surface area contributed by atoms with Crippen molar-refractivity contribution in [3.8, 4) is 0 Å². The van der Waals surface area contributed by atoms with E-state index in [0.717, 1.165) is 5.69 Å². The summed E-state index contributed by atoms with van der Waals surface area (Å²) in [6.07, 6.45) is 1.57. The van der Waals surface area contributed by atoms with Gasteiger partial charge in [-0.15, -0.1) is 0 Å². The van der Waals surface area contributed by atoms with Crippen LogP contribution in [0.4, 0.5) is 11.6 Å². The van der Waals surface area contributed by atoms with Crippen LogP contribution in [0, 0.1) is 0 Å². The Bertz CT molecular complexity index is 727. The van der Waals surface area contributed by atoms with Crippen molar-refractivity contribution < 1.29 is 9.59 Å². The highest BCUT2D eigenvalue weighted by Crippen LogP contribution is 2.13. The number of nitrogens with zero attached hydrogens (tertiary/aromatic N) is 4. The third kappa shape index (κ3) is 3.68. The molecule has 1 aromatic heterocycles. The quantitative estimate of drug-likeness (QED) is 0.926. The molecule has 0 aliphatic carbocycles. The molecule has 0 atom stereocenters. The molecule has 7 nitrogen and oxygen atoms in total. The van der Waals surface area contributed by atoms with E-state index in [0.29, 0.717) is 37.8 Å². The maximum Gasteiger partial charge on any atom is 0.272 e. The van der Waals surface area contributed by atoms with Crippen LogP contribution in [0.3, 0.4) is 0 Å². The zero-order chi connectivity index (χ0) is 16.9. The molecular formula is C17H19N5O2. The third-order valence-corrected chi connectivity index (χ3v) is 3.92. The second-order valence-electron chi connectivity index (χ2n) is 5.55. The number of hydrogen-bond acceptors (Lipinski definition) is 5. The molecule has 0 spiro atoms. The van der Waals surface area contributed by atoms with Crippen molar-refractivity contribution in [2.45, 2.75) is 6.92 Å². The first-order valence-electron chi connectivity index (χ1n) is 7.83. The number of carbonyl (C=O) groups excluding carboxylic acids is 2. The van der Waals surface area contributed by atoms with Gasteiger partial charge in [0.05, 0.1) is 0 Å². The smallest absolute Gasteiger partial charge is 0.272 e. The largest absolute Gasteiger partial charge is 0.339 e. The molecule has 2 aromatic rings. The lowest BCUT2D eigenvalue weighted by molar-refractivity contribution is -0.130. The van der Waals surface area contributed by atoms with E-state index in [1.807, 2.05) is 30.3 Å². The van der Waals surface area contributed by atoms with Crippen LogP contribution < -0.4 is 5.32 Å². The molecule has 24 heavy (non-hydrogen) atoms. The van der Waals surface area contributed by atoms with E-state index >= 15 is 0 Å². The molecule has 0 bridgehead atoms. The number of benzene rings is 1. The average molecular weight is 325 g/mol. The van der Waals surface area contributed by atoms with Crippen molar-refractivity contribution in [1.82, 2.24) is 19.8 Å². The number of anilines is 2. The molecule has 0 unspecified atom stereocenters. The van der Waals surface area contributed by atoms with Gasteiger partial charge in [-0.05, 0) is 18.2 Å². The second kappa shape index (κ2) is 7.08. The van der Waals surface area contributed by atoms with Crippen molar-refractivity contribution in [3.05, 3.63) is 48.3 Å². The predicted molar refractivity (Wildman–Crippen MR) is 89.9 cm³/mol. The zero-order valence-electron chi connectivity index (χ0n) is 13.5. The number of amides is 2. The molecule has 1 aromatic carbocycles. The molecule has 1 aliphatic rings. The Balaban J connectivity index is 1.67. The zero-order valence-corrected chi connectivity index (χ0v) is 13.5. The van der Waals surface area contributed by atoms with E-state index in [-0.39, 0.29) is 11.8 Å². The van der Waals surface area contributed by atoms with Crippen LogP contribution in [0.2, 0.25) is 0 Å². The van der Waals surface area contributed by atoms with Gasteiger partial charge >= 0.3 is 0 Å². The fourth-order valence-electron chi connectivity index (χ4n) is 2.58. The van der Waals surface area contributed by atoms with Crippen molar-refractivity contribution >= 4 is 23.5 Å². The molecule has 7 heteroatoms. The van der Waals surface area contributed by atoms with Gasteiger partial charge in [0, 0.05) is 45.0 Å². The summed E-state index contributed by atoms with van der Waals surface area (Å²) < 4.78 is 0. The first kappa shape index (κ1) is 15.9. The van der Waals surface area contributed by atoms with Gasteiger partial charge in [0.1, 0.15) is 5.69 Å². The summed E-state index contributed by atoms with van der Waals surface area (Å²) >= 11 is 0. The van der Waals surface area contributed by atoms with Crippen LogP contribution >= 0.6 is 0 Å². The lowest BCUT2D eigenvalue weighted by atomic mass is 10.2. The molecule has 0 radical (unpaired) electrons. The van der Waals surface area contributed by atoms with E-state index < -0.39 is 0 Å². The first-order valence-corrected chi connectivity index (χ1v) is 7.83. The summed E-state index contributed by atoms with van der Waals surface area (Å²) in [4.78, 5) is 35.9. The van der Waals surface area contributed by atoms with Crippen LogP contribution in [-0.4, -0.2) is 57.8 Å². The highest BCUT2D eigenvalue weighted by atomic mass is 16.2. The van der Waals surface area contributed by atoms with Crippen LogP contribution in [-0.2, 0) is 4.79 Å². The summed E-state index contributed by atoms with van der Waals surface area (Å²) in [5.41, 5.74) is 1.21. The Morgan fingerprint density at radius 2 is 1.67 bits per heavy atom. The number of aromatic nitrogens is 2. The van der Waals surface area contributed by atoms with Crippen LogP contribution in [0.5, 0.6) is 0 Å². The minimum Gasteiger partial charge on any atom is -0.339 e. The number of para-hydroxylation sites is 1. The highest BCUT2D eigenvalue weighted by molar-refractivity contribution is 5.92. The number of carbonyl (C=O) groups is 2. The van der Waals surface area contributed by atoms with E-state index in [4.69, 9.17) is 0 Å². The Labute approximate surface area is 140 Å². The molecule has 2 amide bonds. The Hall–Kier alpha value is -2.96. The van der Waals surface area contributed by atoms with Crippen molar-refractivity contribution in [2.24, 2.45) is 0 Å². The van der Waals surface area contributed by atoms with E-state index in [2.05, 4.69) is 15.3 Å². The van der Waals surface area contributed by atoms with Crippen molar-refractivity contribution in [2.75, 3.05) is 31.5 Å². The fourth-order valence-corrected chi connectivity index (χ4v) is 2.58. The number of nitrogens with one attached hydrogen (secondary N) is 1. The molecule has 1 N–H and O–H groups in total. The van der Waals surface area contributed by atoms with Crippen molar-refractivity contribution in [1.29, 1.82) is 0 Å². The molecular weight excluding hydrogens is 306 g/mol. The van der Waals surface area contributed by atoms with Gasteiger partial charge in [-0.3, -0.25) is 9.59 Å². The Morgan fingerprint density at radius 1 is 1.00 bits per heavy atom. The van der Waals surface area contributed by atoms with Gasteiger partial charge in [0.2, 0.25) is 11.9 Å². The SMILES string of the molecule is CC(=O)N1CCN(C(=O)c2ccnc(Nc3ccccc3)n2)CC1. The molecule has 1 fully saturated rings. The summed E-state index contributed by atoms with van der Waals surface area (Å²) in [5, 5.41) is 3.08. The van der Waals surface area contributed by atoms with Gasteiger partial charge in [-0.2, -0.15) is 0 Å². The van der Waals surface area contributed by atoms with Gasteiger partial charge < -0.3 is 15.1 Å². The lowest BCUT2D eigenvalue weighted by Gasteiger charge is -2.34. The second-order valence-corrected chi connectivity index (χ2v) is 5.55. The summed E-state index contributed by atoms with van der Waals surface area (Å²) in [6.45, 7) is 3.69. The molecule has 3 rings (SSSR count). The highest BCUT2D eigenvalue weighted by Gasteiger charge is 2.24. The standard InChI is InChI=1S/C17H19N5O2/c1-13(23)21-9-11-22(12-10-21)16(24)15-7-8-18-17(20-15)19-14-5-3-2-4-6-14/h2-8H,9-12H2,1H3,(H,18,19,20). The minimum atomic E-state index is -0.142. The third-order valence-electron chi connectivity index (χ3n) is 3.92.